The molecular weight excluding hydrogens is 400 g/mol. The Bertz CT molecular complexity index is 949. The highest BCUT2D eigenvalue weighted by Gasteiger charge is 2.37. The first-order valence-electron chi connectivity index (χ1n) is 11.2. The number of aromatic nitrogens is 2. The first-order chi connectivity index (χ1) is 15.6. The number of carbonyl (C=O) groups excluding carboxylic acids is 1. The Labute approximate surface area is 190 Å². The molecule has 6 heteroatoms. The van der Waals surface area contributed by atoms with Gasteiger partial charge in [0.25, 0.3) is 0 Å². The van der Waals surface area contributed by atoms with Crippen LogP contribution in [0.3, 0.4) is 0 Å². The van der Waals surface area contributed by atoms with Crippen LogP contribution in [-0.4, -0.2) is 29.0 Å². The maximum absolute atomic E-state index is 12.9. The molecule has 3 rings (SSSR count). The van der Waals surface area contributed by atoms with Crippen LogP contribution in [0.15, 0.2) is 73.3 Å². The van der Waals surface area contributed by atoms with Crippen LogP contribution in [0.5, 0.6) is 5.75 Å². The molecule has 0 bridgehead atoms. The minimum absolute atomic E-state index is 0.391. The third-order valence-corrected chi connectivity index (χ3v) is 5.64. The van der Waals surface area contributed by atoms with Crippen molar-refractivity contribution in [2.45, 2.75) is 44.6 Å². The lowest BCUT2D eigenvalue weighted by atomic mass is 9.83. The maximum Gasteiger partial charge on any atom is 0.242 e. The average molecular weight is 433 g/mol. The maximum atomic E-state index is 12.9. The predicted molar refractivity (Wildman–Crippen MR) is 126 cm³/mol. The van der Waals surface area contributed by atoms with Gasteiger partial charge in [-0.25, -0.2) is 0 Å². The molecule has 0 aliphatic carbocycles. The van der Waals surface area contributed by atoms with Gasteiger partial charge in [-0.05, 0) is 72.7 Å². The van der Waals surface area contributed by atoms with E-state index in [4.69, 9.17) is 10.5 Å². The van der Waals surface area contributed by atoms with Gasteiger partial charge in [-0.3, -0.25) is 20.1 Å². The lowest BCUT2D eigenvalue weighted by Crippen LogP contribution is -2.53. The molecule has 1 aromatic carbocycles. The Morgan fingerprint density at radius 1 is 1.00 bits per heavy atom. The number of primary amides is 1. The summed E-state index contributed by atoms with van der Waals surface area (Å²) in [6.07, 6.45) is 11.2. The summed E-state index contributed by atoms with van der Waals surface area (Å²) in [5, 5.41) is 3.48. The van der Waals surface area contributed by atoms with Crippen molar-refractivity contribution in [2.75, 3.05) is 13.2 Å². The number of rotatable bonds is 13. The monoisotopic (exact) mass is 432 g/mol. The van der Waals surface area contributed by atoms with Crippen molar-refractivity contribution in [3.05, 3.63) is 90.0 Å². The van der Waals surface area contributed by atoms with Crippen molar-refractivity contribution in [1.29, 1.82) is 0 Å². The van der Waals surface area contributed by atoms with E-state index >= 15 is 0 Å². The van der Waals surface area contributed by atoms with Crippen LogP contribution in [0, 0.1) is 0 Å². The van der Waals surface area contributed by atoms with Crippen LogP contribution in [0.2, 0.25) is 0 Å². The first kappa shape index (κ1) is 23.4. The standard InChI is InChI=1S/C26H32N4O2/c1-2-3-19-32-24-8-6-23(7-9-24)26(25(27)31,14-10-21-11-16-28-17-12-21)30-18-13-22-5-4-15-29-20-22/h4-9,11-12,15-17,20,30H,2-3,10,13-14,18-19H2,1H3,(H2,27,31). The lowest BCUT2D eigenvalue weighted by molar-refractivity contribution is -0.125. The molecule has 168 valence electrons. The molecule has 0 radical (unpaired) electrons. The Morgan fingerprint density at radius 2 is 1.78 bits per heavy atom. The SMILES string of the molecule is CCCCOc1ccc(C(CCc2ccncc2)(NCCc2cccnc2)C(N)=O)cc1. The zero-order valence-electron chi connectivity index (χ0n) is 18.7. The van der Waals surface area contributed by atoms with Gasteiger partial charge >= 0.3 is 0 Å². The van der Waals surface area contributed by atoms with Gasteiger partial charge in [0.15, 0.2) is 0 Å². The highest BCUT2D eigenvalue weighted by molar-refractivity contribution is 5.86. The number of nitrogens with zero attached hydrogens (tertiary/aromatic N) is 2. The van der Waals surface area contributed by atoms with Gasteiger partial charge in [-0.1, -0.05) is 31.5 Å². The first-order valence-corrected chi connectivity index (χ1v) is 11.2. The summed E-state index contributed by atoms with van der Waals surface area (Å²) in [5.41, 5.74) is 8.09. The second kappa shape index (κ2) is 12.0. The number of aryl methyl sites for hydroxylation is 1. The second-order valence-corrected chi connectivity index (χ2v) is 7.89. The number of pyridine rings is 2. The zero-order chi connectivity index (χ0) is 22.7. The topological polar surface area (TPSA) is 90.1 Å². The minimum atomic E-state index is -0.993. The van der Waals surface area contributed by atoms with Crippen molar-refractivity contribution in [2.24, 2.45) is 5.73 Å². The number of nitrogens with one attached hydrogen (secondary N) is 1. The molecule has 2 aromatic heterocycles. The van der Waals surface area contributed by atoms with Crippen molar-refractivity contribution in [1.82, 2.24) is 15.3 Å². The summed E-state index contributed by atoms with van der Waals surface area (Å²) in [6, 6.07) is 15.6. The number of benzene rings is 1. The predicted octanol–water partition coefficient (Wildman–Crippen LogP) is 3.80. The van der Waals surface area contributed by atoms with Gasteiger partial charge in [0, 0.05) is 31.3 Å². The molecule has 1 amide bonds. The third kappa shape index (κ3) is 6.37. The van der Waals surface area contributed by atoms with Crippen molar-refractivity contribution >= 4 is 5.91 Å². The highest BCUT2D eigenvalue weighted by Crippen LogP contribution is 2.29. The average Bonchev–Trinajstić information content (AvgIpc) is 2.83. The lowest BCUT2D eigenvalue weighted by Gasteiger charge is -2.33. The largest absolute Gasteiger partial charge is 0.494 e. The van der Waals surface area contributed by atoms with Crippen LogP contribution >= 0.6 is 0 Å². The summed E-state index contributed by atoms with van der Waals surface area (Å²) in [4.78, 5) is 21.1. The molecule has 3 aromatic rings. The zero-order valence-corrected chi connectivity index (χ0v) is 18.7. The molecule has 3 N–H and O–H groups in total. The number of amides is 1. The minimum Gasteiger partial charge on any atom is -0.494 e. The number of ether oxygens (including phenoxy) is 1. The number of nitrogens with two attached hydrogens (primary N) is 1. The molecule has 6 nitrogen and oxygen atoms in total. The van der Waals surface area contributed by atoms with Crippen LogP contribution in [0.1, 0.15) is 42.9 Å². The molecule has 32 heavy (non-hydrogen) atoms. The summed E-state index contributed by atoms with van der Waals surface area (Å²) in [6.45, 7) is 3.41. The molecule has 0 fully saturated rings. The Balaban J connectivity index is 1.81. The van der Waals surface area contributed by atoms with Gasteiger partial charge in [-0.15, -0.1) is 0 Å². The fourth-order valence-electron chi connectivity index (χ4n) is 3.70. The number of carbonyl (C=O) groups is 1. The molecule has 0 saturated carbocycles. The fraction of sp³-hybridized carbons (Fsp3) is 0.346. The van der Waals surface area contributed by atoms with Crippen LogP contribution in [-0.2, 0) is 23.2 Å². The van der Waals surface area contributed by atoms with Gasteiger partial charge in [-0.2, -0.15) is 0 Å². The summed E-state index contributed by atoms with van der Waals surface area (Å²) >= 11 is 0. The van der Waals surface area contributed by atoms with E-state index in [2.05, 4.69) is 22.2 Å². The van der Waals surface area contributed by atoms with Crippen molar-refractivity contribution in [3.63, 3.8) is 0 Å². The number of hydrogen-bond acceptors (Lipinski definition) is 5. The molecule has 1 atom stereocenters. The Kier molecular flexibility index (Phi) is 8.75. The van der Waals surface area contributed by atoms with Crippen molar-refractivity contribution < 1.29 is 9.53 Å². The number of hydrogen-bond donors (Lipinski definition) is 2. The molecule has 0 aliphatic rings. The highest BCUT2D eigenvalue weighted by atomic mass is 16.5. The molecule has 0 saturated heterocycles. The molecular formula is C26H32N4O2. The van der Waals surface area contributed by atoms with E-state index in [1.807, 2.05) is 54.7 Å². The van der Waals surface area contributed by atoms with Crippen molar-refractivity contribution in [3.8, 4) is 5.75 Å². The van der Waals surface area contributed by atoms with E-state index in [9.17, 15) is 4.79 Å². The normalized spacial score (nSPS) is 12.8. The van der Waals surface area contributed by atoms with Crippen LogP contribution < -0.4 is 15.8 Å². The van der Waals surface area contributed by atoms with E-state index in [1.165, 1.54) is 0 Å². The Hall–Kier alpha value is -3.25. The molecule has 1 unspecified atom stereocenters. The third-order valence-electron chi connectivity index (χ3n) is 5.64. The van der Waals surface area contributed by atoms with E-state index in [1.54, 1.807) is 18.6 Å². The van der Waals surface area contributed by atoms with E-state index in [-0.39, 0.29) is 0 Å². The second-order valence-electron chi connectivity index (χ2n) is 7.89. The van der Waals surface area contributed by atoms with Crippen LogP contribution in [0.25, 0.3) is 0 Å². The van der Waals surface area contributed by atoms with Crippen LogP contribution in [0.4, 0.5) is 0 Å². The summed E-state index contributed by atoms with van der Waals surface area (Å²) in [7, 11) is 0. The van der Waals surface area contributed by atoms with E-state index in [0.29, 0.717) is 26.0 Å². The van der Waals surface area contributed by atoms with Gasteiger partial charge in [0.2, 0.25) is 5.91 Å². The summed E-state index contributed by atoms with van der Waals surface area (Å²) < 4.78 is 5.79. The number of unbranched alkanes of at least 4 members (excludes halogenated alkanes) is 1. The van der Waals surface area contributed by atoms with E-state index in [0.717, 1.165) is 41.7 Å². The Morgan fingerprint density at radius 3 is 2.44 bits per heavy atom. The molecule has 0 aliphatic heterocycles. The summed E-state index contributed by atoms with van der Waals surface area (Å²) in [5.74, 6) is 0.405. The smallest absolute Gasteiger partial charge is 0.242 e. The quantitative estimate of drug-likeness (QED) is 0.401. The molecule has 2 heterocycles. The van der Waals surface area contributed by atoms with Gasteiger partial charge in [0.1, 0.15) is 11.3 Å². The molecule has 0 spiro atoms. The fourth-order valence-corrected chi connectivity index (χ4v) is 3.70. The van der Waals surface area contributed by atoms with E-state index < -0.39 is 11.4 Å². The van der Waals surface area contributed by atoms with Gasteiger partial charge in [0.05, 0.1) is 6.61 Å². The van der Waals surface area contributed by atoms with Gasteiger partial charge < -0.3 is 10.5 Å².